The van der Waals surface area contributed by atoms with Gasteiger partial charge in [0.1, 0.15) is 5.56 Å². The van der Waals surface area contributed by atoms with Crippen molar-refractivity contribution in [2.45, 2.75) is 31.6 Å². The Morgan fingerprint density at radius 2 is 2.08 bits per heavy atom. The number of ether oxygens (including phenoxy) is 1. The molecule has 1 aromatic heterocycles. The number of benzene rings is 1. The number of hydrogen-bond donors (Lipinski definition) is 3. The Labute approximate surface area is 151 Å². The molecule has 2 heterocycles. The van der Waals surface area contributed by atoms with E-state index >= 15 is 0 Å². The Balaban J connectivity index is 0.00000225. The number of aromatic nitrogens is 2. The van der Waals surface area contributed by atoms with Crippen LogP contribution in [0.4, 0.5) is 0 Å². The minimum absolute atomic E-state index is 0. The largest absolute Gasteiger partial charge is 0.462 e. The fourth-order valence-electron chi connectivity index (χ4n) is 2.54. The first-order valence-electron chi connectivity index (χ1n) is 7.53. The Hall–Kier alpha value is -1.94. The van der Waals surface area contributed by atoms with Crippen LogP contribution >= 0.6 is 12.4 Å². The van der Waals surface area contributed by atoms with Crippen molar-refractivity contribution in [3.8, 4) is 0 Å². The van der Waals surface area contributed by atoms with E-state index in [2.05, 4.69) is 20.2 Å². The predicted molar refractivity (Wildman–Crippen MR) is 92.8 cm³/mol. The summed E-state index contributed by atoms with van der Waals surface area (Å²) in [5, 5.41) is 8.94. The molecule has 0 saturated heterocycles. The zero-order valence-corrected chi connectivity index (χ0v) is 15.2. The van der Waals surface area contributed by atoms with Gasteiger partial charge in [0.25, 0.3) is 10.0 Å². The number of carbonyl (C=O) groups excluding carboxylic acids is 1. The van der Waals surface area contributed by atoms with E-state index in [1.807, 2.05) is 18.2 Å². The van der Waals surface area contributed by atoms with Crippen molar-refractivity contribution in [3.63, 3.8) is 0 Å². The van der Waals surface area contributed by atoms with Gasteiger partial charge in [-0.15, -0.1) is 12.4 Å². The van der Waals surface area contributed by atoms with Gasteiger partial charge in [-0.2, -0.15) is 5.10 Å². The second-order valence-electron chi connectivity index (χ2n) is 5.36. The number of hydrogen-bond acceptors (Lipinski definition) is 6. The summed E-state index contributed by atoms with van der Waals surface area (Å²) in [7, 11) is -3.91. The molecule has 0 spiro atoms. The second-order valence-corrected chi connectivity index (χ2v) is 7.07. The normalized spacial score (nSPS) is 13.2. The minimum atomic E-state index is -3.91. The van der Waals surface area contributed by atoms with Crippen LogP contribution in [0.1, 0.15) is 34.0 Å². The molecule has 25 heavy (non-hydrogen) atoms. The summed E-state index contributed by atoms with van der Waals surface area (Å²) < 4.78 is 32.2. The average Bonchev–Trinajstić information content (AvgIpc) is 3.22. The summed E-state index contributed by atoms with van der Waals surface area (Å²) in [5.41, 5.74) is 3.13. The molecule has 3 rings (SSSR count). The maximum atomic E-state index is 12.4. The molecule has 2 aromatic rings. The van der Waals surface area contributed by atoms with Crippen molar-refractivity contribution in [2.24, 2.45) is 0 Å². The Morgan fingerprint density at radius 1 is 1.32 bits per heavy atom. The highest BCUT2D eigenvalue weighted by molar-refractivity contribution is 7.89. The first kappa shape index (κ1) is 19.4. The van der Waals surface area contributed by atoms with Crippen LogP contribution in [0, 0.1) is 0 Å². The van der Waals surface area contributed by atoms with Crippen LogP contribution in [-0.4, -0.2) is 31.2 Å². The monoisotopic (exact) mass is 386 g/mol. The second kappa shape index (κ2) is 7.96. The van der Waals surface area contributed by atoms with Crippen LogP contribution in [0.2, 0.25) is 0 Å². The van der Waals surface area contributed by atoms with Crippen LogP contribution in [0.3, 0.4) is 0 Å². The van der Waals surface area contributed by atoms with E-state index in [-0.39, 0.29) is 36.1 Å². The van der Waals surface area contributed by atoms with Crippen LogP contribution in [-0.2, 0) is 34.4 Å². The van der Waals surface area contributed by atoms with Gasteiger partial charge >= 0.3 is 5.97 Å². The third-order valence-electron chi connectivity index (χ3n) is 3.74. The van der Waals surface area contributed by atoms with Crippen molar-refractivity contribution < 1.29 is 17.9 Å². The molecule has 1 aromatic carbocycles. The lowest BCUT2D eigenvalue weighted by atomic mass is 10.1. The maximum absolute atomic E-state index is 12.4. The number of H-pyrrole nitrogens is 1. The third-order valence-corrected chi connectivity index (χ3v) is 5.11. The lowest BCUT2D eigenvalue weighted by Crippen LogP contribution is -2.25. The number of halogens is 1. The molecule has 1 aliphatic rings. The molecule has 0 bridgehead atoms. The summed E-state index contributed by atoms with van der Waals surface area (Å²) in [4.78, 5) is 11.8. The van der Waals surface area contributed by atoms with E-state index in [0.29, 0.717) is 0 Å². The number of nitrogens with one attached hydrogen (secondary N) is 3. The third kappa shape index (κ3) is 4.18. The van der Waals surface area contributed by atoms with Gasteiger partial charge in [0.15, 0.2) is 5.03 Å². The van der Waals surface area contributed by atoms with Gasteiger partial charge in [-0.25, -0.2) is 17.9 Å². The van der Waals surface area contributed by atoms with E-state index in [1.54, 1.807) is 6.92 Å². The predicted octanol–water partition coefficient (Wildman–Crippen LogP) is 1.09. The van der Waals surface area contributed by atoms with Crippen LogP contribution < -0.4 is 10.0 Å². The van der Waals surface area contributed by atoms with Crippen molar-refractivity contribution in [1.29, 1.82) is 0 Å². The zero-order chi connectivity index (χ0) is 17.2. The van der Waals surface area contributed by atoms with E-state index < -0.39 is 16.0 Å². The number of fused-ring (bicyclic) bond motifs is 1. The highest BCUT2D eigenvalue weighted by atomic mass is 35.5. The van der Waals surface area contributed by atoms with Crippen molar-refractivity contribution in [1.82, 2.24) is 20.2 Å². The quantitative estimate of drug-likeness (QED) is 0.640. The topological polar surface area (TPSA) is 113 Å². The van der Waals surface area contributed by atoms with Gasteiger partial charge in [0, 0.05) is 19.6 Å². The minimum Gasteiger partial charge on any atom is -0.462 e. The molecule has 0 fully saturated rings. The summed E-state index contributed by atoms with van der Waals surface area (Å²) >= 11 is 0. The molecule has 0 saturated carbocycles. The maximum Gasteiger partial charge on any atom is 0.342 e. The molecule has 1 aliphatic heterocycles. The van der Waals surface area contributed by atoms with Gasteiger partial charge < -0.3 is 10.1 Å². The molecule has 0 unspecified atom stereocenters. The lowest BCUT2D eigenvalue weighted by molar-refractivity contribution is 0.0522. The van der Waals surface area contributed by atoms with Gasteiger partial charge in [0.05, 0.1) is 12.8 Å². The van der Waals surface area contributed by atoms with Gasteiger partial charge in [0.2, 0.25) is 0 Å². The number of rotatable bonds is 6. The average molecular weight is 387 g/mol. The number of aromatic amines is 1. The number of esters is 1. The van der Waals surface area contributed by atoms with E-state index in [1.165, 1.54) is 11.1 Å². The lowest BCUT2D eigenvalue weighted by Gasteiger charge is -2.08. The van der Waals surface area contributed by atoms with Gasteiger partial charge in [-0.05, 0) is 23.6 Å². The van der Waals surface area contributed by atoms with Crippen LogP contribution in [0.15, 0.2) is 29.4 Å². The standard InChI is InChI=1S/C15H18N4O4S.ClH/c1-2-23-15(20)13-9-17-19-14(13)24(21,22)18-6-10-3-4-11-7-16-8-12(11)5-10;/h3-5,9,16,18H,2,6-8H2,1H3,(H,17,19);1H. The van der Waals surface area contributed by atoms with Crippen LogP contribution in [0.5, 0.6) is 0 Å². The van der Waals surface area contributed by atoms with Crippen molar-refractivity contribution >= 4 is 28.4 Å². The first-order chi connectivity index (χ1) is 11.5. The summed E-state index contributed by atoms with van der Waals surface area (Å²) in [6.45, 7) is 3.53. The molecule has 0 radical (unpaired) electrons. The fourth-order valence-corrected chi connectivity index (χ4v) is 3.64. The molecule has 8 nitrogen and oxygen atoms in total. The number of sulfonamides is 1. The molecular weight excluding hydrogens is 368 g/mol. The molecule has 0 amide bonds. The molecule has 0 aliphatic carbocycles. The molecular formula is C15H19ClN4O4S. The molecule has 10 heteroatoms. The molecule has 136 valence electrons. The zero-order valence-electron chi connectivity index (χ0n) is 13.5. The fraction of sp³-hybridized carbons (Fsp3) is 0.333. The Bertz CT molecular complexity index is 866. The SMILES string of the molecule is CCOC(=O)c1cn[nH]c1S(=O)(=O)NCc1ccc2c(c1)CNC2.Cl. The van der Waals surface area contributed by atoms with E-state index in [9.17, 15) is 13.2 Å². The smallest absolute Gasteiger partial charge is 0.342 e. The summed E-state index contributed by atoms with van der Waals surface area (Å²) in [6.07, 6.45) is 1.15. The highest BCUT2D eigenvalue weighted by Crippen LogP contribution is 2.18. The van der Waals surface area contributed by atoms with Gasteiger partial charge in [-0.1, -0.05) is 18.2 Å². The number of nitrogens with zero attached hydrogens (tertiary/aromatic N) is 1. The summed E-state index contributed by atoms with van der Waals surface area (Å²) in [6, 6.07) is 5.84. The first-order valence-corrected chi connectivity index (χ1v) is 9.01. The molecule has 0 atom stereocenters. The Kier molecular flexibility index (Phi) is 6.17. The van der Waals surface area contributed by atoms with Crippen molar-refractivity contribution in [3.05, 3.63) is 46.6 Å². The van der Waals surface area contributed by atoms with Crippen molar-refractivity contribution in [2.75, 3.05) is 6.61 Å². The van der Waals surface area contributed by atoms with Crippen LogP contribution in [0.25, 0.3) is 0 Å². The number of carbonyl (C=O) groups is 1. The van der Waals surface area contributed by atoms with Gasteiger partial charge in [-0.3, -0.25) is 5.10 Å². The molecule has 3 N–H and O–H groups in total. The highest BCUT2D eigenvalue weighted by Gasteiger charge is 2.25. The Morgan fingerprint density at radius 3 is 2.84 bits per heavy atom. The van der Waals surface area contributed by atoms with E-state index in [4.69, 9.17) is 4.74 Å². The van der Waals surface area contributed by atoms with E-state index in [0.717, 1.165) is 24.8 Å². The summed E-state index contributed by atoms with van der Waals surface area (Å²) in [5.74, 6) is -0.727.